The summed E-state index contributed by atoms with van der Waals surface area (Å²) in [7, 11) is -13.7. The number of aldehydes is 1. The highest BCUT2D eigenvalue weighted by Crippen LogP contribution is 2.44. The van der Waals surface area contributed by atoms with E-state index >= 15 is 0 Å². The number of alkyl halides is 6. The largest absolute Gasteiger partial charge is 0.524 e. The van der Waals surface area contributed by atoms with Gasteiger partial charge in [-0.05, 0) is 138 Å². The van der Waals surface area contributed by atoms with Gasteiger partial charge in [-0.15, -0.1) is 71.7 Å². The number of unbranched alkanes of at least 4 members (excludes halogenated alkanes) is 4. The molecule has 0 aliphatic carbocycles. The summed E-state index contributed by atoms with van der Waals surface area (Å²) in [6.45, 7) is 8.99. The number of carbonyl (C=O) groups is 1. The summed E-state index contributed by atoms with van der Waals surface area (Å²) in [4.78, 5) is 23.3. The maximum atomic E-state index is 11.4. The van der Waals surface area contributed by atoms with Crippen molar-refractivity contribution >= 4 is 94.5 Å². The summed E-state index contributed by atoms with van der Waals surface area (Å²) in [5.41, 5.74) is -6.65. The molecule has 0 atom stereocenters. The molecule has 6 rings (SSSR count). The molecule has 0 radical (unpaired) electrons. The van der Waals surface area contributed by atoms with Crippen LogP contribution in [-0.2, 0) is 49.5 Å². The second kappa shape index (κ2) is 24.2. The Bertz CT molecular complexity index is 2450. The first-order chi connectivity index (χ1) is 29.8. The normalized spacial score (nSPS) is 12.2. The average Bonchev–Trinajstić information content (AvgIpc) is 4.08. The minimum Gasteiger partial charge on any atom is -0.297 e. The fourth-order valence-electron chi connectivity index (χ4n) is 5.98. The predicted octanol–water partition coefficient (Wildman–Crippen LogP) is 16.3. The zero-order valence-corrected chi connectivity index (χ0v) is 41.4. The van der Waals surface area contributed by atoms with Gasteiger partial charge in [0, 0.05) is 39.0 Å². The second-order valence-electron chi connectivity index (χ2n) is 14.1. The number of rotatable bonds is 19. The molecule has 20 heteroatoms. The maximum absolute atomic E-state index is 11.4. The summed E-state index contributed by atoms with van der Waals surface area (Å²) in [6.07, 6.45) is 15.6. The quantitative estimate of drug-likeness (QED) is 0.0456. The van der Waals surface area contributed by atoms with Crippen molar-refractivity contribution in [2.45, 2.75) is 116 Å². The monoisotopic (exact) mass is 1030 g/mol. The second-order valence-corrected chi connectivity index (χ2v) is 23.3. The van der Waals surface area contributed by atoms with Crippen LogP contribution in [0.5, 0.6) is 0 Å². The van der Waals surface area contributed by atoms with Gasteiger partial charge in [0.2, 0.25) is 0 Å². The summed E-state index contributed by atoms with van der Waals surface area (Å²) < 4.78 is 110. The van der Waals surface area contributed by atoms with E-state index in [2.05, 4.69) is 92.4 Å². The van der Waals surface area contributed by atoms with Crippen LogP contribution >= 0.6 is 68.0 Å². The first-order valence-corrected chi connectivity index (χ1v) is 28.0. The molecular weight excluding hydrogens is 983 g/mol. The Balaban J connectivity index is 0.000000215. The van der Waals surface area contributed by atoms with Gasteiger partial charge in [0.05, 0.1) is 4.88 Å². The van der Waals surface area contributed by atoms with Crippen molar-refractivity contribution in [1.29, 1.82) is 0 Å². The van der Waals surface area contributed by atoms with Gasteiger partial charge in [-0.1, -0.05) is 53.4 Å². The van der Waals surface area contributed by atoms with Gasteiger partial charge < -0.3 is 0 Å². The van der Waals surface area contributed by atoms with Crippen LogP contribution in [0, 0.1) is 0 Å². The SMILES string of the molecule is CCCCc1ccsc1-c1ccc(-c2sc(C=O)cc2CCCC)s1.CCCCc1ccsc1-c1ccc(-c2sccc2CCCC)s1.O=S(=O)(OS(=O)(=O)C(F)(F)F)C(F)(F)F. The number of aryl methyl sites for hydroxylation is 4. The van der Waals surface area contributed by atoms with Crippen molar-refractivity contribution in [1.82, 2.24) is 0 Å². The zero-order valence-electron chi connectivity index (χ0n) is 34.9. The fraction of sp³-hybridized carbons (Fsp3) is 0.419. The summed E-state index contributed by atoms with van der Waals surface area (Å²) >= 11 is 11.1. The smallest absolute Gasteiger partial charge is 0.297 e. The van der Waals surface area contributed by atoms with Gasteiger partial charge in [-0.3, -0.25) is 4.79 Å². The van der Waals surface area contributed by atoms with Crippen LogP contribution in [0.4, 0.5) is 26.3 Å². The topological polar surface area (TPSA) is 94.6 Å². The lowest BCUT2D eigenvalue weighted by atomic mass is 10.1. The molecule has 6 aromatic rings. The zero-order chi connectivity index (χ0) is 46.4. The molecule has 346 valence electrons. The Morgan fingerprint density at radius 2 is 0.810 bits per heavy atom. The standard InChI is InChI=1S/C21H24OS3.C20H24S3.C2F6O5S2/c1-3-5-7-15-11-12-23-20(15)18-9-10-19(25-18)21-16(8-6-4-2)13-17(14-22)24-21;1-3-5-7-15-11-13-21-19(15)17-9-10-18(23-17)20-16(8-6-4-2)12-14-22-20;3-1(4,5)14(9,10)13-15(11,12)2(6,7)8/h9-14H,3-8H2,1-2H3;9-14H,3-8H2,1-2H3;. The van der Waals surface area contributed by atoms with Crippen LogP contribution in [0.3, 0.4) is 0 Å². The highest BCUT2D eigenvalue weighted by molar-refractivity contribution is 8.00. The third-order valence-corrected chi connectivity index (χ3v) is 18.7. The lowest BCUT2D eigenvalue weighted by Gasteiger charge is -2.09. The van der Waals surface area contributed by atoms with E-state index in [9.17, 15) is 48.0 Å². The Morgan fingerprint density at radius 3 is 1.11 bits per heavy atom. The van der Waals surface area contributed by atoms with E-state index in [1.807, 2.05) is 60.3 Å². The average molecular weight is 1030 g/mol. The molecular formula is C43H48F6O6S8. The van der Waals surface area contributed by atoms with Crippen LogP contribution in [0.25, 0.3) is 39.0 Å². The van der Waals surface area contributed by atoms with Crippen molar-refractivity contribution in [3.8, 4) is 39.0 Å². The molecule has 0 spiro atoms. The van der Waals surface area contributed by atoms with E-state index in [0.29, 0.717) is 0 Å². The van der Waals surface area contributed by atoms with E-state index in [0.717, 1.165) is 17.6 Å². The molecule has 6 aromatic heterocycles. The summed E-state index contributed by atoms with van der Waals surface area (Å²) in [5.74, 6) is 0. The number of halogens is 6. The van der Waals surface area contributed by atoms with E-state index in [-0.39, 0.29) is 0 Å². The van der Waals surface area contributed by atoms with E-state index in [4.69, 9.17) is 0 Å². The molecule has 6 nitrogen and oxygen atoms in total. The third kappa shape index (κ3) is 14.7. The van der Waals surface area contributed by atoms with Crippen LogP contribution < -0.4 is 0 Å². The molecule has 0 aromatic carbocycles. The number of hydrogen-bond donors (Lipinski definition) is 0. The van der Waals surface area contributed by atoms with Crippen molar-refractivity contribution in [3.63, 3.8) is 0 Å². The molecule has 0 aliphatic heterocycles. The molecule has 0 aliphatic rings. The lowest BCUT2D eigenvalue weighted by molar-refractivity contribution is -0.0585. The van der Waals surface area contributed by atoms with E-state index < -0.39 is 31.3 Å². The molecule has 0 amide bonds. The Kier molecular flexibility index (Phi) is 20.3. The van der Waals surface area contributed by atoms with Gasteiger partial charge in [-0.2, -0.15) is 43.2 Å². The van der Waals surface area contributed by atoms with Gasteiger partial charge in [0.25, 0.3) is 0 Å². The van der Waals surface area contributed by atoms with Gasteiger partial charge in [-0.25, -0.2) is 0 Å². The molecule has 0 saturated carbocycles. The van der Waals surface area contributed by atoms with Crippen molar-refractivity contribution in [2.75, 3.05) is 0 Å². The molecule has 0 unspecified atom stereocenters. The molecule has 63 heavy (non-hydrogen) atoms. The van der Waals surface area contributed by atoms with Crippen molar-refractivity contribution in [2.24, 2.45) is 0 Å². The van der Waals surface area contributed by atoms with Gasteiger partial charge in [0.1, 0.15) is 0 Å². The number of carbonyl (C=O) groups excluding carboxylic acids is 1. The van der Waals surface area contributed by atoms with Crippen LogP contribution in [0.15, 0.2) is 64.7 Å². The van der Waals surface area contributed by atoms with Crippen LogP contribution in [0.2, 0.25) is 0 Å². The molecule has 0 bridgehead atoms. The highest BCUT2D eigenvalue weighted by Gasteiger charge is 2.57. The highest BCUT2D eigenvalue weighted by atomic mass is 32.3. The number of hydrogen-bond acceptors (Lipinski definition) is 12. The lowest BCUT2D eigenvalue weighted by Crippen LogP contribution is -2.34. The predicted molar refractivity (Wildman–Crippen MR) is 253 cm³/mol. The number of thiophene rings is 6. The van der Waals surface area contributed by atoms with E-state index in [1.165, 1.54) is 132 Å². The molecule has 6 heterocycles. The van der Waals surface area contributed by atoms with Crippen LogP contribution in [0.1, 0.15) is 111 Å². The minimum absolute atomic E-state index is 0.843. The van der Waals surface area contributed by atoms with Gasteiger partial charge in [0.15, 0.2) is 6.29 Å². The van der Waals surface area contributed by atoms with Crippen molar-refractivity contribution in [3.05, 3.63) is 91.8 Å². The Labute approximate surface area is 389 Å². The van der Waals surface area contributed by atoms with Crippen LogP contribution in [-0.4, -0.2) is 34.1 Å². The first-order valence-electron chi connectivity index (χ1n) is 20.1. The Morgan fingerprint density at radius 1 is 0.492 bits per heavy atom. The maximum Gasteiger partial charge on any atom is 0.524 e. The van der Waals surface area contributed by atoms with Crippen molar-refractivity contribution < 1.29 is 51.6 Å². The summed E-state index contributed by atoms with van der Waals surface area (Å²) in [5, 5.41) is 6.71. The molecule has 0 saturated heterocycles. The molecule has 0 N–H and O–H groups in total. The molecule has 0 fully saturated rings. The Hall–Kier alpha value is -2.69. The summed E-state index contributed by atoms with van der Waals surface area (Å²) in [6, 6.07) is 18.1. The van der Waals surface area contributed by atoms with Gasteiger partial charge >= 0.3 is 31.3 Å². The third-order valence-electron chi connectivity index (χ3n) is 9.24. The first kappa shape index (κ1) is 52.9. The van der Waals surface area contributed by atoms with E-state index in [1.54, 1.807) is 11.3 Å². The fourth-order valence-corrected chi connectivity index (χ4v) is 14.1. The minimum atomic E-state index is -6.85.